The van der Waals surface area contributed by atoms with Crippen molar-refractivity contribution in [3.63, 3.8) is 0 Å². The number of hydrogen-bond donors (Lipinski definition) is 2. The molecule has 0 spiro atoms. The summed E-state index contributed by atoms with van der Waals surface area (Å²) in [6.07, 6.45) is 4.68. The number of aromatic nitrogens is 3. The van der Waals surface area contributed by atoms with Gasteiger partial charge in [-0.3, -0.25) is 4.68 Å². The van der Waals surface area contributed by atoms with Crippen LogP contribution in [-0.4, -0.2) is 26.5 Å². The maximum atomic E-state index is 14.1. The molecule has 0 amide bonds. The predicted molar refractivity (Wildman–Crippen MR) is 118 cm³/mol. The topological polar surface area (TPSA) is 86.2 Å². The number of anilines is 1. The monoisotopic (exact) mass is 418 g/mol. The fourth-order valence-corrected chi connectivity index (χ4v) is 3.45. The maximum absolute atomic E-state index is 14.1. The zero-order valence-electron chi connectivity index (χ0n) is 17.1. The Morgan fingerprint density at radius 3 is 2.65 bits per heavy atom. The summed E-state index contributed by atoms with van der Waals surface area (Å²) in [4.78, 5) is 4.25. The summed E-state index contributed by atoms with van der Waals surface area (Å²) in [5.41, 5.74) is 10.3. The first-order chi connectivity index (χ1) is 15.0. The van der Waals surface area contributed by atoms with Gasteiger partial charge in [0, 0.05) is 29.1 Å². The van der Waals surface area contributed by atoms with Crippen LogP contribution >= 0.6 is 0 Å². The van der Waals surface area contributed by atoms with Crippen molar-refractivity contribution >= 4 is 5.82 Å². The normalized spacial score (nSPS) is 12.0. The Labute approximate surface area is 179 Å². The van der Waals surface area contributed by atoms with Crippen molar-refractivity contribution in [1.29, 1.82) is 0 Å². The number of rotatable bonds is 7. The summed E-state index contributed by atoms with van der Waals surface area (Å²) in [5.74, 6) is 0.320. The second kappa shape index (κ2) is 8.97. The molecule has 0 saturated carbocycles. The van der Waals surface area contributed by atoms with E-state index in [1.807, 2.05) is 43.5 Å². The van der Waals surface area contributed by atoms with Crippen LogP contribution in [-0.2, 0) is 6.54 Å². The van der Waals surface area contributed by atoms with Crippen LogP contribution in [0.5, 0.6) is 5.75 Å². The van der Waals surface area contributed by atoms with Gasteiger partial charge in [-0.1, -0.05) is 36.4 Å². The zero-order chi connectivity index (χ0) is 21.8. The lowest BCUT2D eigenvalue weighted by atomic mass is 9.96. The van der Waals surface area contributed by atoms with Crippen LogP contribution in [0, 0.1) is 5.82 Å². The molecule has 0 radical (unpaired) electrons. The summed E-state index contributed by atoms with van der Waals surface area (Å²) in [7, 11) is 0. The van der Waals surface area contributed by atoms with Gasteiger partial charge in [-0.15, -0.1) is 0 Å². The van der Waals surface area contributed by atoms with Crippen molar-refractivity contribution in [3.8, 4) is 28.0 Å². The minimum Gasteiger partial charge on any atom is -0.482 e. The molecule has 4 rings (SSSR count). The van der Waals surface area contributed by atoms with E-state index in [1.165, 1.54) is 12.1 Å². The van der Waals surface area contributed by atoms with Crippen LogP contribution in [0.4, 0.5) is 10.2 Å². The summed E-state index contributed by atoms with van der Waals surface area (Å²) in [6.45, 7) is 2.27. The molecule has 0 aliphatic carbocycles. The highest BCUT2D eigenvalue weighted by Crippen LogP contribution is 2.34. The fraction of sp³-hybridized carbons (Fsp3) is 0.167. The Balaban J connectivity index is 1.65. The van der Waals surface area contributed by atoms with Gasteiger partial charge in [0.2, 0.25) is 0 Å². The first-order valence-electron chi connectivity index (χ1n) is 9.96. The van der Waals surface area contributed by atoms with Gasteiger partial charge >= 0.3 is 0 Å². The van der Waals surface area contributed by atoms with Gasteiger partial charge in [-0.25, -0.2) is 9.37 Å². The van der Waals surface area contributed by atoms with Crippen molar-refractivity contribution in [2.75, 3.05) is 12.3 Å². The Bertz CT molecular complexity index is 1180. The number of aliphatic hydroxyl groups excluding tert-OH is 1. The summed E-state index contributed by atoms with van der Waals surface area (Å²) in [6, 6.07) is 16.3. The maximum Gasteiger partial charge on any atom is 0.166 e. The lowest BCUT2D eigenvalue weighted by Crippen LogP contribution is -2.08. The van der Waals surface area contributed by atoms with E-state index >= 15 is 0 Å². The van der Waals surface area contributed by atoms with Gasteiger partial charge in [0.25, 0.3) is 0 Å². The number of halogens is 1. The molecule has 1 atom stereocenters. The lowest BCUT2D eigenvalue weighted by Gasteiger charge is -2.20. The van der Waals surface area contributed by atoms with Crippen molar-refractivity contribution in [2.45, 2.75) is 19.6 Å². The highest BCUT2D eigenvalue weighted by Gasteiger charge is 2.17. The quantitative estimate of drug-likeness (QED) is 0.463. The number of nitrogens with zero attached hydrogens (tertiary/aromatic N) is 3. The lowest BCUT2D eigenvalue weighted by molar-refractivity contribution is 0.228. The van der Waals surface area contributed by atoms with E-state index < -0.39 is 6.10 Å². The van der Waals surface area contributed by atoms with Gasteiger partial charge in [0.1, 0.15) is 11.9 Å². The molecule has 0 saturated heterocycles. The third-order valence-corrected chi connectivity index (χ3v) is 5.02. The van der Waals surface area contributed by atoms with E-state index in [9.17, 15) is 4.39 Å². The molecule has 0 aliphatic heterocycles. The SMILES string of the molecule is C[C@@H](Oc1cc(-c2cnn(CCO)c2)cnc1N)c1cc(F)ccc1-c1ccccc1. The Kier molecular flexibility index (Phi) is 5.95. The van der Waals surface area contributed by atoms with Crippen LogP contribution in [0.25, 0.3) is 22.3 Å². The second-order valence-corrected chi connectivity index (χ2v) is 7.18. The second-order valence-electron chi connectivity index (χ2n) is 7.18. The number of benzene rings is 2. The van der Waals surface area contributed by atoms with Crippen molar-refractivity contribution in [2.24, 2.45) is 0 Å². The van der Waals surface area contributed by atoms with Crippen LogP contribution < -0.4 is 10.5 Å². The Hall–Kier alpha value is -3.71. The molecular formula is C24H23FN4O2. The third-order valence-electron chi connectivity index (χ3n) is 5.02. The number of hydrogen-bond acceptors (Lipinski definition) is 5. The highest BCUT2D eigenvalue weighted by molar-refractivity contribution is 5.68. The van der Waals surface area contributed by atoms with E-state index in [1.54, 1.807) is 29.2 Å². The van der Waals surface area contributed by atoms with E-state index in [0.717, 1.165) is 22.3 Å². The van der Waals surface area contributed by atoms with Crippen LogP contribution in [0.1, 0.15) is 18.6 Å². The number of aliphatic hydroxyl groups is 1. The third kappa shape index (κ3) is 4.57. The summed E-state index contributed by atoms with van der Waals surface area (Å²) >= 11 is 0. The highest BCUT2D eigenvalue weighted by atomic mass is 19.1. The molecule has 2 aromatic heterocycles. The molecule has 2 heterocycles. The van der Waals surface area contributed by atoms with E-state index in [-0.39, 0.29) is 18.2 Å². The molecular weight excluding hydrogens is 395 g/mol. The predicted octanol–water partition coefficient (Wildman–Crippen LogP) is 4.47. The first-order valence-corrected chi connectivity index (χ1v) is 9.96. The molecule has 6 nitrogen and oxygen atoms in total. The number of nitrogen functional groups attached to an aromatic ring is 1. The fourth-order valence-electron chi connectivity index (χ4n) is 3.45. The van der Waals surface area contributed by atoms with Gasteiger partial charge in [0.15, 0.2) is 11.6 Å². The van der Waals surface area contributed by atoms with Gasteiger partial charge in [-0.2, -0.15) is 5.10 Å². The number of pyridine rings is 1. The Morgan fingerprint density at radius 1 is 1.06 bits per heavy atom. The molecule has 31 heavy (non-hydrogen) atoms. The summed E-state index contributed by atoms with van der Waals surface area (Å²) in [5, 5.41) is 13.3. The smallest absolute Gasteiger partial charge is 0.166 e. The number of ether oxygens (including phenoxy) is 1. The molecule has 0 unspecified atom stereocenters. The minimum absolute atomic E-state index is 0.00433. The molecule has 158 valence electrons. The molecule has 2 aromatic carbocycles. The van der Waals surface area contributed by atoms with Crippen LogP contribution in [0.3, 0.4) is 0 Å². The molecule has 0 bridgehead atoms. The largest absolute Gasteiger partial charge is 0.482 e. The van der Waals surface area contributed by atoms with Crippen molar-refractivity contribution < 1.29 is 14.2 Å². The van der Waals surface area contributed by atoms with Crippen LogP contribution in [0.2, 0.25) is 0 Å². The van der Waals surface area contributed by atoms with E-state index in [2.05, 4.69) is 10.1 Å². The molecule has 3 N–H and O–H groups in total. The molecule has 0 aliphatic rings. The molecule has 7 heteroatoms. The van der Waals surface area contributed by atoms with E-state index in [0.29, 0.717) is 17.9 Å². The average molecular weight is 418 g/mol. The van der Waals surface area contributed by atoms with Crippen molar-refractivity contribution in [3.05, 3.63) is 84.6 Å². The van der Waals surface area contributed by atoms with Gasteiger partial charge in [-0.05, 0) is 36.2 Å². The minimum atomic E-state index is -0.470. The van der Waals surface area contributed by atoms with Crippen LogP contribution in [0.15, 0.2) is 73.2 Å². The molecule has 4 aromatic rings. The van der Waals surface area contributed by atoms with Gasteiger partial charge < -0.3 is 15.6 Å². The average Bonchev–Trinajstić information content (AvgIpc) is 3.25. The summed E-state index contributed by atoms with van der Waals surface area (Å²) < 4.78 is 21.9. The first kappa shape index (κ1) is 20.6. The van der Waals surface area contributed by atoms with E-state index in [4.69, 9.17) is 15.6 Å². The van der Waals surface area contributed by atoms with Crippen molar-refractivity contribution in [1.82, 2.24) is 14.8 Å². The Morgan fingerprint density at radius 2 is 1.87 bits per heavy atom. The zero-order valence-corrected chi connectivity index (χ0v) is 17.1. The standard InChI is InChI=1S/C24H23FN4O2/c1-16(22-12-20(25)7-8-21(22)17-5-3-2-4-6-17)31-23-11-18(13-27-24(23)26)19-14-28-29(15-19)9-10-30/h2-8,11-16,30H,9-10H2,1H3,(H2,26,27)/t16-/m1/s1. The molecule has 0 fully saturated rings. The van der Waals surface area contributed by atoms with Gasteiger partial charge in [0.05, 0.1) is 19.3 Å². The number of nitrogens with two attached hydrogens (primary N) is 1.